The first-order chi connectivity index (χ1) is 19.1. The van der Waals surface area contributed by atoms with Gasteiger partial charge in [-0.05, 0) is 61.3 Å². The fraction of sp³-hybridized carbons (Fsp3) is 0.467. The van der Waals surface area contributed by atoms with Gasteiger partial charge in [0.05, 0.1) is 37.9 Å². The molecule has 1 fully saturated rings. The molecule has 3 aromatic rings. The van der Waals surface area contributed by atoms with Gasteiger partial charge < -0.3 is 29.5 Å². The van der Waals surface area contributed by atoms with Crippen LogP contribution in [0.4, 0.5) is 26.1 Å². The zero-order valence-corrected chi connectivity index (χ0v) is 23.8. The first-order valence-corrected chi connectivity index (χ1v) is 13.4. The number of hydrogen-bond acceptors (Lipinski definition) is 8. The van der Waals surface area contributed by atoms with E-state index in [4.69, 9.17) is 14.2 Å². The Morgan fingerprint density at radius 2 is 1.70 bits per heavy atom. The number of hydrogen-bond donors (Lipinski definition) is 2. The summed E-state index contributed by atoms with van der Waals surface area (Å²) < 4.78 is 45.2. The predicted octanol–water partition coefficient (Wildman–Crippen LogP) is 6.03. The Morgan fingerprint density at radius 1 is 1.02 bits per heavy atom. The Morgan fingerprint density at radius 3 is 2.33 bits per heavy atom. The Bertz CT molecular complexity index is 1300. The van der Waals surface area contributed by atoms with E-state index in [0.29, 0.717) is 11.9 Å². The number of piperidine rings is 1. The van der Waals surface area contributed by atoms with Gasteiger partial charge in [0.25, 0.3) is 0 Å². The highest BCUT2D eigenvalue weighted by Gasteiger charge is 2.27. The number of aryl methyl sites for hydroxylation is 1. The second kappa shape index (κ2) is 12.7. The average Bonchev–Trinajstić information content (AvgIpc) is 2.96. The van der Waals surface area contributed by atoms with E-state index < -0.39 is 11.6 Å². The minimum absolute atomic E-state index is 0.0404. The average molecular weight is 557 g/mol. The lowest BCUT2D eigenvalue weighted by Crippen LogP contribution is -2.35. The van der Waals surface area contributed by atoms with Crippen LogP contribution in [0.25, 0.3) is 0 Å². The van der Waals surface area contributed by atoms with Crippen LogP contribution in [0.1, 0.15) is 44.2 Å². The van der Waals surface area contributed by atoms with E-state index in [0.717, 1.165) is 49.5 Å². The molecule has 0 spiro atoms. The van der Waals surface area contributed by atoms with E-state index in [1.165, 1.54) is 32.5 Å². The van der Waals surface area contributed by atoms with Crippen molar-refractivity contribution in [1.29, 1.82) is 0 Å². The van der Waals surface area contributed by atoms with Crippen LogP contribution in [0.5, 0.6) is 17.2 Å². The molecular formula is C30H38F2N4O4. The summed E-state index contributed by atoms with van der Waals surface area (Å²) in [5, 5.41) is 12.8. The molecule has 1 aromatic heterocycles. The predicted molar refractivity (Wildman–Crippen MR) is 151 cm³/mol. The first-order valence-electron chi connectivity index (χ1n) is 13.4. The van der Waals surface area contributed by atoms with Crippen LogP contribution < -0.4 is 24.4 Å². The molecule has 0 radical (unpaired) electrons. The van der Waals surface area contributed by atoms with E-state index in [-0.39, 0.29) is 41.3 Å². The van der Waals surface area contributed by atoms with Crippen molar-refractivity contribution in [3.05, 3.63) is 59.4 Å². The number of nitrogens with zero attached hydrogens (tertiary/aromatic N) is 3. The molecule has 216 valence electrons. The summed E-state index contributed by atoms with van der Waals surface area (Å²) in [6.45, 7) is 7.51. The highest BCUT2D eigenvalue weighted by atomic mass is 19.1. The summed E-state index contributed by atoms with van der Waals surface area (Å²) in [4.78, 5) is 10.9. The van der Waals surface area contributed by atoms with E-state index in [9.17, 15) is 13.9 Å². The number of benzene rings is 2. The zero-order valence-electron chi connectivity index (χ0n) is 23.8. The number of aromatic nitrogens is 2. The third-order valence-electron chi connectivity index (χ3n) is 7.33. The Hall–Kier alpha value is -3.66. The molecule has 0 atom stereocenters. The first kappa shape index (κ1) is 29.3. The zero-order chi connectivity index (χ0) is 28.9. The minimum Gasteiger partial charge on any atom is -0.495 e. The Kier molecular flexibility index (Phi) is 9.29. The number of rotatable bonds is 11. The molecular weight excluding hydrogens is 518 g/mol. The summed E-state index contributed by atoms with van der Waals surface area (Å²) in [5.74, 6) is 0.444. The SMILES string of the molecule is COc1cc(Nc2ncc(OCc3c(F)c(C)cc(OC)c3F)cn2)ccc1N1CCC(CC(C)(C)CO)CC1. The van der Waals surface area contributed by atoms with Crippen molar-refractivity contribution < 1.29 is 28.1 Å². The number of nitrogens with one attached hydrogen (secondary N) is 1. The lowest BCUT2D eigenvalue weighted by Gasteiger charge is -2.37. The van der Waals surface area contributed by atoms with Gasteiger partial charge in [0.15, 0.2) is 17.3 Å². The van der Waals surface area contributed by atoms with E-state index in [2.05, 4.69) is 34.0 Å². The molecule has 4 rings (SSSR count). The number of halogens is 2. The largest absolute Gasteiger partial charge is 0.495 e. The van der Waals surface area contributed by atoms with Crippen molar-refractivity contribution in [2.45, 2.75) is 46.6 Å². The van der Waals surface area contributed by atoms with Gasteiger partial charge in [-0.15, -0.1) is 0 Å². The normalized spacial score (nSPS) is 14.2. The van der Waals surface area contributed by atoms with Crippen molar-refractivity contribution in [2.75, 3.05) is 44.1 Å². The van der Waals surface area contributed by atoms with Gasteiger partial charge in [-0.25, -0.2) is 18.7 Å². The molecule has 1 saturated heterocycles. The second-order valence-corrected chi connectivity index (χ2v) is 11.0. The third kappa shape index (κ3) is 6.91. The summed E-state index contributed by atoms with van der Waals surface area (Å²) in [5.41, 5.74) is 1.79. The van der Waals surface area contributed by atoms with Gasteiger partial charge in [-0.1, -0.05) is 13.8 Å². The number of aliphatic hydroxyl groups excluding tert-OH is 1. The number of ether oxygens (including phenoxy) is 3. The van der Waals surface area contributed by atoms with E-state index >= 15 is 0 Å². The molecule has 0 amide bonds. The van der Waals surface area contributed by atoms with Gasteiger partial charge in [0, 0.05) is 31.5 Å². The van der Waals surface area contributed by atoms with Gasteiger partial charge in [-0.3, -0.25) is 0 Å². The smallest absolute Gasteiger partial charge is 0.227 e. The molecule has 2 N–H and O–H groups in total. The number of anilines is 3. The topological polar surface area (TPSA) is 89.0 Å². The maximum atomic E-state index is 14.5. The summed E-state index contributed by atoms with van der Waals surface area (Å²) in [6.07, 6.45) is 6.05. The fourth-order valence-electron chi connectivity index (χ4n) is 5.06. The van der Waals surface area contributed by atoms with Crippen molar-refractivity contribution in [2.24, 2.45) is 11.3 Å². The molecule has 1 aliphatic heterocycles. The Labute approximate surface area is 234 Å². The van der Waals surface area contributed by atoms with Crippen molar-refractivity contribution >= 4 is 17.3 Å². The van der Waals surface area contributed by atoms with Gasteiger partial charge in [-0.2, -0.15) is 0 Å². The highest BCUT2D eigenvalue weighted by Crippen LogP contribution is 2.37. The van der Waals surface area contributed by atoms with Crippen LogP contribution in [-0.2, 0) is 6.61 Å². The summed E-state index contributed by atoms with van der Waals surface area (Å²) >= 11 is 0. The molecule has 2 heterocycles. The summed E-state index contributed by atoms with van der Waals surface area (Å²) in [6, 6.07) is 7.18. The molecule has 0 aliphatic carbocycles. The van der Waals surface area contributed by atoms with E-state index in [1.807, 2.05) is 18.2 Å². The fourth-order valence-corrected chi connectivity index (χ4v) is 5.06. The molecule has 0 unspecified atom stereocenters. The number of methoxy groups -OCH3 is 2. The maximum absolute atomic E-state index is 14.5. The van der Waals surface area contributed by atoms with Crippen molar-refractivity contribution in [3.63, 3.8) is 0 Å². The third-order valence-corrected chi connectivity index (χ3v) is 7.33. The molecule has 1 aliphatic rings. The summed E-state index contributed by atoms with van der Waals surface area (Å²) in [7, 11) is 2.98. The molecule has 10 heteroatoms. The van der Waals surface area contributed by atoms with Crippen LogP contribution in [0.15, 0.2) is 36.7 Å². The Balaban J connectivity index is 1.36. The lowest BCUT2D eigenvalue weighted by molar-refractivity contribution is 0.123. The maximum Gasteiger partial charge on any atom is 0.227 e. The lowest BCUT2D eigenvalue weighted by atomic mass is 9.79. The minimum atomic E-state index is -0.794. The van der Waals surface area contributed by atoms with Crippen molar-refractivity contribution in [1.82, 2.24) is 9.97 Å². The van der Waals surface area contributed by atoms with Gasteiger partial charge >= 0.3 is 0 Å². The standard InChI is InChI=1S/C30H38F2N4O4/c1-19-12-26(39-5)28(32)23(27(19)31)17-40-22-15-33-29(34-16-22)35-21-6-7-24(25(13-21)38-4)36-10-8-20(9-11-36)14-30(2,3)18-37/h6-7,12-13,15-16,20,37H,8-11,14,17-18H2,1-5H3,(H,33,34,35). The van der Waals surface area contributed by atoms with Gasteiger partial charge in [0.1, 0.15) is 18.2 Å². The molecule has 0 saturated carbocycles. The van der Waals surface area contributed by atoms with Crippen LogP contribution in [-0.4, -0.2) is 49.0 Å². The van der Waals surface area contributed by atoms with E-state index in [1.54, 1.807) is 7.11 Å². The molecule has 2 aromatic carbocycles. The quantitative estimate of drug-likeness (QED) is 0.296. The molecule has 40 heavy (non-hydrogen) atoms. The van der Waals surface area contributed by atoms with Crippen molar-refractivity contribution in [3.8, 4) is 17.2 Å². The molecule has 8 nitrogen and oxygen atoms in total. The van der Waals surface area contributed by atoms with Crippen LogP contribution in [0.2, 0.25) is 0 Å². The highest BCUT2D eigenvalue weighted by molar-refractivity contribution is 5.67. The van der Waals surface area contributed by atoms with Crippen LogP contribution >= 0.6 is 0 Å². The second-order valence-electron chi connectivity index (χ2n) is 11.0. The van der Waals surface area contributed by atoms with Gasteiger partial charge in [0.2, 0.25) is 5.95 Å². The monoisotopic (exact) mass is 556 g/mol. The molecule has 0 bridgehead atoms. The van der Waals surface area contributed by atoms with Crippen LogP contribution in [0, 0.1) is 29.9 Å². The van der Waals surface area contributed by atoms with Crippen LogP contribution in [0.3, 0.4) is 0 Å². The number of aliphatic hydroxyl groups is 1.